The Morgan fingerprint density at radius 3 is 2.71 bits per heavy atom. The van der Waals surface area contributed by atoms with Gasteiger partial charge >= 0.3 is 5.76 Å². The van der Waals surface area contributed by atoms with Gasteiger partial charge in [0.1, 0.15) is 11.6 Å². The Morgan fingerprint density at radius 1 is 1.16 bits per heavy atom. The van der Waals surface area contributed by atoms with E-state index in [4.69, 9.17) is 9.40 Å². The summed E-state index contributed by atoms with van der Waals surface area (Å²) >= 11 is 3.16. The number of aromatic nitrogens is 3. The lowest BCUT2D eigenvalue weighted by atomic mass is 10.2. The number of thiophene rings is 1. The quantitative estimate of drug-likeness (QED) is 0.460. The number of hydrogen-bond acceptors (Lipinski definition) is 8. The largest absolute Gasteiger partial charge is 0.437 e. The Balaban J connectivity index is 1.20. The van der Waals surface area contributed by atoms with Gasteiger partial charge in [0, 0.05) is 26.2 Å². The lowest BCUT2D eigenvalue weighted by Crippen LogP contribution is -2.50. The van der Waals surface area contributed by atoms with Gasteiger partial charge in [-0.05, 0) is 30.5 Å². The van der Waals surface area contributed by atoms with Gasteiger partial charge in [-0.2, -0.15) is 4.68 Å². The van der Waals surface area contributed by atoms with Crippen molar-refractivity contribution in [1.29, 1.82) is 0 Å². The number of benzene rings is 1. The predicted octanol–water partition coefficient (Wildman–Crippen LogP) is 3.08. The molecule has 1 aromatic carbocycles. The van der Waals surface area contributed by atoms with Crippen molar-refractivity contribution >= 4 is 38.8 Å². The molecule has 10 heteroatoms. The highest BCUT2D eigenvalue weighted by atomic mass is 32.1. The lowest BCUT2D eigenvalue weighted by Gasteiger charge is -2.37. The number of piperazine rings is 1. The molecule has 1 aliphatic rings. The maximum atomic E-state index is 12.7. The van der Waals surface area contributed by atoms with E-state index < -0.39 is 5.76 Å². The number of para-hydroxylation sites is 1. The van der Waals surface area contributed by atoms with E-state index in [2.05, 4.69) is 23.0 Å². The van der Waals surface area contributed by atoms with Crippen LogP contribution in [0, 0.1) is 0 Å². The summed E-state index contributed by atoms with van der Waals surface area (Å²) in [7, 11) is 0. The number of rotatable bonds is 5. The van der Waals surface area contributed by atoms with Crippen molar-refractivity contribution in [2.45, 2.75) is 19.5 Å². The summed E-state index contributed by atoms with van der Waals surface area (Å²) in [4.78, 5) is 34.5. The number of carbonyl (C=O) groups excluding carboxylic acids is 1. The first-order chi connectivity index (χ1) is 15.1. The van der Waals surface area contributed by atoms with Gasteiger partial charge in [0.2, 0.25) is 5.91 Å². The zero-order valence-electron chi connectivity index (χ0n) is 16.9. The van der Waals surface area contributed by atoms with E-state index in [1.165, 1.54) is 16.0 Å². The fourth-order valence-corrected chi connectivity index (χ4v) is 5.42. The van der Waals surface area contributed by atoms with Crippen molar-refractivity contribution in [3.05, 3.63) is 57.3 Å². The molecule has 0 N–H and O–H groups in total. The molecule has 1 saturated heterocycles. The minimum absolute atomic E-state index is 0.110. The van der Waals surface area contributed by atoms with Gasteiger partial charge in [-0.1, -0.05) is 18.2 Å². The molecule has 1 fully saturated rings. The van der Waals surface area contributed by atoms with Gasteiger partial charge in [0.15, 0.2) is 0 Å². The topological polar surface area (TPSA) is 84.5 Å². The lowest BCUT2D eigenvalue weighted by molar-refractivity contribution is -0.134. The zero-order valence-corrected chi connectivity index (χ0v) is 18.6. The van der Waals surface area contributed by atoms with Gasteiger partial charge < -0.3 is 9.32 Å². The molecular formula is C21H21N5O3S2. The molecule has 0 aliphatic carbocycles. The molecule has 4 aromatic rings. The molecule has 0 saturated carbocycles. The van der Waals surface area contributed by atoms with Gasteiger partial charge in [-0.3, -0.25) is 9.69 Å². The van der Waals surface area contributed by atoms with Gasteiger partial charge in [0.25, 0.3) is 5.89 Å². The van der Waals surface area contributed by atoms with Crippen LogP contribution in [-0.4, -0.2) is 56.7 Å². The van der Waals surface area contributed by atoms with E-state index in [-0.39, 0.29) is 24.4 Å². The average Bonchev–Trinajstić information content (AvgIpc) is 3.53. The molecule has 0 spiro atoms. The molecule has 0 radical (unpaired) electrons. The summed E-state index contributed by atoms with van der Waals surface area (Å²) in [6.07, 6.45) is 0. The summed E-state index contributed by atoms with van der Waals surface area (Å²) in [5.41, 5.74) is 1.03. The number of thiazole rings is 1. The molecule has 1 amide bonds. The second kappa shape index (κ2) is 8.37. The number of amides is 1. The molecule has 1 aliphatic heterocycles. The Bertz CT molecular complexity index is 1220. The minimum Gasteiger partial charge on any atom is -0.387 e. The summed E-state index contributed by atoms with van der Waals surface area (Å²) in [6, 6.07) is 12.0. The minimum atomic E-state index is -0.611. The molecular weight excluding hydrogens is 434 g/mol. The summed E-state index contributed by atoms with van der Waals surface area (Å²) in [6.45, 7) is 4.79. The monoisotopic (exact) mass is 455 g/mol. The highest BCUT2D eigenvalue weighted by molar-refractivity contribution is 7.18. The maximum absolute atomic E-state index is 12.7. The van der Waals surface area contributed by atoms with E-state index in [9.17, 15) is 9.59 Å². The van der Waals surface area contributed by atoms with Crippen LogP contribution in [0.4, 0.5) is 0 Å². The second-order valence-corrected chi connectivity index (χ2v) is 9.43. The van der Waals surface area contributed by atoms with Crippen molar-refractivity contribution in [2.24, 2.45) is 0 Å². The van der Waals surface area contributed by atoms with Gasteiger partial charge in [0.05, 0.1) is 21.1 Å². The van der Waals surface area contributed by atoms with Crippen LogP contribution in [-0.2, 0) is 11.3 Å². The van der Waals surface area contributed by atoms with Crippen LogP contribution in [0.25, 0.3) is 21.0 Å². The number of fused-ring (bicyclic) bond motifs is 1. The highest BCUT2D eigenvalue weighted by Crippen LogP contribution is 2.30. The van der Waals surface area contributed by atoms with E-state index in [0.717, 1.165) is 33.2 Å². The molecule has 31 heavy (non-hydrogen) atoms. The Labute approximate surface area is 186 Å². The smallest absolute Gasteiger partial charge is 0.387 e. The fraction of sp³-hybridized carbons (Fsp3) is 0.333. The van der Waals surface area contributed by atoms with Gasteiger partial charge in [-0.25, -0.2) is 9.78 Å². The molecule has 4 heterocycles. The highest BCUT2D eigenvalue weighted by Gasteiger charge is 2.27. The van der Waals surface area contributed by atoms with E-state index in [0.29, 0.717) is 13.1 Å². The predicted molar refractivity (Wildman–Crippen MR) is 120 cm³/mol. The van der Waals surface area contributed by atoms with Crippen molar-refractivity contribution in [2.75, 3.05) is 26.2 Å². The standard InChI is InChI=1S/C21H21N5O3S2/c1-14(20-22-15-5-2-3-6-16(15)31-20)24-8-10-25(11-9-24)18(27)13-26-21(28)29-19(23-26)17-7-4-12-30-17/h2-7,12,14H,8-11,13H2,1H3/t14-/m1/s1. The summed E-state index contributed by atoms with van der Waals surface area (Å²) in [5, 5.41) is 7.15. The third-order valence-electron chi connectivity index (χ3n) is 5.51. The molecule has 160 valence electrons. The van der Waals surface area contributed by atoms with Crippen molar-refractivity contribution < 1.29 is 9.21 Å². The number of nitrogens with zero attached hydrogens (tertiary/aromatic N) is 5. The second-order valence-electron chi connectivity index (χ2n) is 7.42. The van der Waals surface area contributed by atoms with E-state index in [1.54, 1.807) is 16.2 Å². The zero-order chi connectivity index (χ0) is 21.4. The Kier molecular flexibility index (Phi) is 5.43. The molecule has 0 bridgehead atoms. The van der Waals surface area contributed by atoms with Crippen molar-refractivity contribution in [3.8, 4) is 10.8 Å². The van der Waals surface area contributed by atoms with E-state index in [1.807, 2.05) is 35.7 Å². The molecule has 3 aromatic heterocycles. The van der Waals surface area contributed by atoms with Crippen LogP contribution in [0.2, 0.25) is 0 Å². The fourth-order valence-electron chi connectivity index (χ4n) is 3.72. The summed E-state index contributed by atoms with van der Waals surface area (Å²) < 4.78 is 7.49. The molecule has 8 nitrogen and oxygen atoms in total. The third kappa shape index (κ3) is 4.06. The average molecular weight is 456 g/mol. The number of carbonyl (C=O) groups is 1. The first kappa shape index (κ1) is 20.1. The van der Waals surface area contributed by atoms with Crippen LogP contribution < -0.4 is 5.76 Å². The number of hydrogen-bond donors (Lipinski definition) is 0. The molecule has 5 rings (SSSR count). The Hall–Kier alpha value is -2.82. The first-order valence-electron chi connectivity index (χ1n) is 10.1. The molecule has 0 unspecified atom stereocenters. The molecule has 1 atom stereocenters. The van der Waals surface area contributed by atoms with Crippen LogP contribution >= 0.6 is 22.7 Å². The Morgan fingerprint density at radius 2 is 1.97 bits per heavy atom. The van der Waals surface area contributed by atoms with Crippen LogP contribution in [0.5, 0.6) is 0 Å². The summed E-state index contributed by atoms with van der Waals surface area (Å²) in [5.74, 6) is -0.484. The van der Waals surface area contributed by atoms with Crippen molar-refractivity contribution in [3.63, 3.8) is 0 Å². The SMILES string of the molecule is C[C@H](c1nc2ccccc2s1)N1CCN(C(=O)Cn2nc(-c3cccs3)oc2=O)CC1. The third-order valence-corrected chi connectivity index (χ3v) is 7.57. The van der Waals surface area contributed by atoms with Crippen LogP contribution in [0.15, 0.2) is 51.0 Å². The maximum Gasteiger partial charge on any atom is 0.437 e. The van der Waals surface area contributed by atoms with Crippen molar-refractivity contribution in [1.82, 2.24) is 24.6 Å². The van der Waals surface area contributed by atoms with E-state index >= 15 is 0 Å². The van der Waals surface area contributed by atoms with Gasteiger partial charge in [-0.15, -0.1) is 27.8 Å². The van der Waals surface area contributed by atoms with Crippen LogP contribution in [0.1, 0.15) is 18.0 Å². The first-order valence-corrected chi connectivity index (χ1v) is 11.8. The normalized spacial score (nSPS) is 16.1. The van der Waals surface area contributed by atoms with Crippen LogP contribution in [0.3, 0.4) is 0 Å².